The third-order valence-corrected chi connectivity index (χ3v) is 8.05. The van der Waals surface area contributed by atoms with Crippen LogP contribution in [0.3, 0.4) is 0 Å². The van der Waals surface area contributed by atoms with E-state index in [4.69, 9.17) is 9.47 Å². The van der Waals surface area contributed by atoms with Crippen LogP contribution in [0, 0.1) is 0 Å². The first-order valence-corrected chi connectivity index (χ1v) is 12.3. The van der Waals surface area contributed by atoms with Crippen LogP contribution in [0.5, 0.6) is 0 Å². The van der Waals surface area contributed by atoms with E-state index in [2.05, 4.69) is 4.98 Å². The van der Waals surface area contributed by atoms with Gasteiger partial charge in [0.1, 0.15) is 10.7 Å². The average molecular weight is 449 g/mol. The van der Waals surface area contributed by atoms with Crippen LogP contribution in [0.15, 0.2) is 17.2 Å². The summed E-state index contributed by atoms with van der Waals surface area (Å²) in [6.07, 6.45) is 2.41. The highest BCUT2D eigenvalue weighted by atomic mass is 32.2. The summed E-state index contributed by atoms with van der Waals surface area (Å²) in [6, 6.07) is 1.27. The van der Waals surface area contributed by atoms with E-state index in [0.29, 0.717) is 0 Å². The van der Waals surface area contributed by atoms with Crippen LogP contribution in [0.1, 0.15) is 10.4 Å². The van der Waals surface area contributed by atoms with E-state index >= 15 is 0 Å². The van der Waals surface area contributed by atoms with Crippen molar-refractivity contribution < 1.29 is 31.1 Å². The van der Waals surface area contributed by atoms with E-state index in [0.717, 1.165) is 6.26 Å². The lowest BCUT2D eigenvalue weighted by Gasteiger charge is -2.35. The predicted octanol–water partition coefficient (Wildman–Crippen LogP) is -1.03. The van der Waals surface area contributed by atoms with Crippen LogP contribution < -0.4 is 4.90 Å². The van der Waals surface area contributed by atoms with Gasteiger partial charge in [-0.3, -0.25) is 0 Å². The number of esters is 1. The van der Waals surface area contributed by atoms with Crippen LogP contribution >= 0.6 is 0 Å². The number of methoxy groups -OCH3 is 1. The molecule has 0 unspecified atom stereocenters. The molecule has 3 rings (SSSR count). The van der Waals surface area contributed by atoms with Crippen LogP contribution in [0.2, 0.25) is 0 Å². The van der Waals surface area contributed by atoms with Gasteiger partial charge in [0.25, 0.3) is 0 Å². The smallest absolute Gasteiger partial charge is 0.339 e. The number of carbonyl (C=O) groups is 1. The molecule has 0 aromatic carbocycles. The fourth-order valence-electron chi connectivity index (χ4n) is 3.25. The first-order valence-electron chi connectivity index (χ1n) is 9.01. The molecular weight excluding hydrogens is 424 g/mol. The van der Waals surface area contributed by atoms with Crippen molar-refractivity contribution in [3.05, 3.63) is 17.8 Å². The van der Waals surface area contributed by atoms with Crippen molar-refractivity contribution in [3.8, 4) is 0 Å². The van der Waals surface area contributed by atoms with Gasteiger partial charge in [0.2, 0.25) is 20.0 Å². The van der Waals surface area contributed by atoms with Crippen molar-refractivity contribution in [1.82, 2.24) is 13.6 Å². The number of rotatable bonds is 5. The molecule has 0 saturated carbocycles. The Balaban J connectivity index is 1.98. The van der Waals surface area contributed by atoms with Crippen molar-refractivity contribution in [1.29, 1.82) is 0 Å². The third kappa shape index (κ3) is 4.69. The van der Waals surface area contributed by atoms with Gasteiger partial charge in [0, 0.05) is 45.5 Å². The molecule has 2 aliphatic heterocycles. The second kappa shape index (κ2) is 8.52. The van der Waals surface area contributed by atoms with Crippen molar-refractivity contribution >= 4 is 31.8 Å². The van der Waals surface area contributed by atoms with Crippen molar-refractivity contribution in [2.45, 2.75) is 4.90 Å². The van der Waals surface area contributed by atoms with Gasteiger partial charge in [-0.2, -0.15) is 8.61 Å². The van der Waals surface area contributed by atoms with Crippen molar-refractivity contribution in [2.75, 3.05) is 70.7 Å². The molecule has 29 heavy (non-hydrogen) atoms. The molecule has 1 aromatic heterocycles. The number of sulfonamides is 2. The number of aromatic nitrogens is 1. The summed E-state index contributed by atoms with van der Waals surface area (Å²) in [4.78, 5) is 17.8. The number of hydrogen-bond acceptors (Lipinski definition) is 9. The van der Waals surface area contributed by atoms with E-state index in [1.807, 2.05) is 0 Å². The van der Waals surface area contributed by atoms with Crippen LogP contribution in [0.4, 0.5) is 5.82 Å². The molecule has 0 amide bonds. The number of ether oxygens (including phenoxy) is 2. The largest absolute Gasteiger partial charge is 0.465 e. The zero-order chi connectivity index (χ0) is 21.2. The molecule has 0 atom stereocenters. The second-order valence-corrected chi connectivity index (χ2v) is 10.6. The highest BCUT2D eigenvalue weighted by Gasteiger charge is 2.33. The molecule has 11 nitrogen and oxygen atoms in total. The molecule has 0 bridgehead atoms. The average Bonchev–Trinajstić information content (AvgIpc) is 2.73. The summed E-state index contributed by atoms with van der Waals surface area (Å²) in [5.41, 5.74) is 0.0258. The number of morpholine rings is 1. The van der Waals surface area contributed by atoms with Gasteiger partial charge in [0.05, 0.1) is 32.1 Å². The fourth-order valence-corrected chi connectivity index (χ4v) is 5.67. The Hall–Kier alpha value is -1.80. The van der Waals surface area contributed by atoms with E-state index in [1.165, 1.54) is 28.0 Å². The van der Waals surface area contributed by atoms with Gasteiger partial charge >= 0.3 is 5.97 Å². The number of anilines is 1. The minimum absolute atomic E-state index is 0.0258. The Morgan fingerprint density at radius 2 is 1.66 bits per heavy atom. The number of pyridine rings is 1. The number of piperazine rings is 1. The number of hydrogen-bond donors (Lipinski definition) is 0. The molecule has 2 aliphatic rings. The van der Waals surface area contributed by atoms with Crippen LogP contribution in [-0.4, -0.2) is 102 Å². The normalized spacial score (nSPS) is 19.9. The Morgan fingerprint density at radius 3 is 2.21 bits per heavy atom. The fraction of sp³-hybridized carbons (Fsp3) is 0.625. The molecule has 0 N–H and O–H groups in total. The summed E-state index contributed by atoms with van der Waals surface area (Å²) in [7, 11) is -6.06. The second-order valence-electron chi connectivity index (χ2n) is 6.70. The summed E-state index contributed by atoms with van der Waals surface area (Å²) >= 11 is 0. The van der Waals surface area contributed by atoms with Crippen molar-refractivity contribution in [2.24, 2.45) is 0 Å². The minimum atomic E-state index is -3.94. The van der Waals surface area contributed by atoms with Crippen LogP contribution in [-0.2, 0) is 29.5 Å². The molecular formula is C16H24N4O7S2. The Morgan fingerprint density at radius 1 is 1.03 bits per heavy atom. The summed E-state index contributed by atoms with van der Waals surface area (Å²) in [5, 5.41) is 0. The summed E-state index contributed by atoms with van der Waals surface area (Å²) < 4.78 is 62.6. The van der Waals surface area contributed by atoms with Crippen LogP contribution in [0.25, 0.3) is 0 Å². The monoisotopic (exact) mass is 448 g/mol. The summed E-state index contributed by atoms with van der Waals surface area (Å²) in [6.45, 7) is 1.97. The predicted molar refractivity (Wildman–Crippen MR) is 104 cm³/mol. The molecule has 0 spiro atoms. The molecule has 2 fully saturated rings. The lowest BCUT2D eigenvalue weighted by Crippen LogP contribution is -2.49. The third-order valence-electron chi connectivity index (χ3n) is 4.85. The minimum Gasteiger partial charge on any atom is -0.465 e. The van der Waals surface area contributed by atoms with Gasteiger partial charge in [-0.05, 0) is 6.07 Å². The first kappa shape index (κ1) is 21.9. The van der Waals surface area contributed by atoms with Gasteiger partial charge < -0.3 is 14.4 Å². The zero-order valence-electron chi connectivity index (χ0n) is 16.3. The quantitative estimate of drug-likeness (QED) is 0.520. The zero-order valence-corrected chi connectivity index (χ0v) is 17.9. The molecule has 1 aromatic rings. The van der Waals surface area contributed by atoms with Gasteiger partial charge in [-0.15, -0.1) is 0 Å². The molecule has 2 saturated heterocycles. The van der Waals surface area contributed by atoms with E-state index < -0.39 is 26.0 Å². The highest BCUT2D eigenvalue weighted by Crippen LogP contribution is 2.29. The molecule has 0 radical (unpaired) electrons. The maximum Gasteiger partial charge on any atom is 0.339 e. The molecule has 13 heteroatoms. The Kier molecular flexibility index (Phi) is 6.43. The number of nitrogens with zero attached hydrogens (tertiary/aromatic N) is 4. The SMILES string of the molecule is COC(=O)c1cnc(N2CCN(S(C)(=O)=O)CC2)c(S(=O)(=O)N2CCOCC2)c1. The lowest BCUT2D eigenvalue weighted by molar-refractivity contribution is 0.0599. The van der Waals surface area contributed by atoms with Gasteiger partial charge in [0.15, 0.2) is 0 Å². The number of carbonyl (C=O) groups excluding carboxylic acids is 1. The molecule has 162 valence electrons. The highest BCUT2D eigenvalue weighted by molar-refractivity contribution is 7.89. The van der Waals surface area contributed by atoms with E-state index in [-0.39, 0.29) is 68.8 Å². The molecule has 3 heterocycles. The molecule has 0 aliphatic carbocycles. The lowest BCUT2D eigenvalue weighted by atomic mass is 10.2. The Labute approximate surface area is 170 Å². The first-order chi connectivity index (χ1) is 13.6. The maximum absolute atomic E-state index is 13.3. The summed E-state index contributed by atoms with van der Waals surface area (Å²) in [5.74, 6) is -0.498. The maximum atomic E-state index is 13.3. The van der Waals surface area contributed by atoms with Gasteiger partial charge in [-0.1, -0.05) is 0 Å². The standard InChI is InChI=1S/C16H24N4O7S2/c1-26-16(21)13-11-14(29(24,25)20-7-9-27-10-8-20)15(17-12-13)18-3-5-19(6-4-18)28(2,22)23/h11-12H,3-10H2,1-2H3. The van der Waals surface area contributed by atoms with E-state index in [9.17, 15) is 21.6 Å². The Bertz CT molecular complexity index is 967. The van der Waals surface area contributed by atoms with E-state index in [1.54, 1.807) is 4.90 Å². The van der Waals surface area contributed by atoms with Gasteiger partial charge in [-0.25, -0.2) is 26.6 Å². The topological polar surface area (TPSA) is 126 Å². The van der Waals surface area contributed by atoms with Crippen molar-refractivity contribution in [3.63, 3.8) is 0 Å².